The van der Waals surface area contributed by atoms with Crippen LogP contribution in [-0.4, -0.2) is 20.0 Å². The summed E-state index contributed by atoms with van der Waals surface area (Å²) in [5.41, 5.74) is 2.21. The monoisotopic (exact) mass is 368 g/mol. The Labute approximate surface area is 155 Å². The minimum atomic E-state index is -0.482. The van der Waals surface area contributed by atoms with Gasteiger partial charge in [-0.25, -0.2) is 4.79 Å². The van der Waals surface area contributed by atoms with Gasteiger partial charge in [0.15, 0.2) is 0 Å². The fourth-order valence-corrected chi connectivity index (χ4v) is 3.18. The first-order chi connectivity index (χ1) is 12.9. The van der Waals surface area contributed by atoms with Gasteiger partial charge in [0, 0.05) is 25.6 Å². The quantitative estimate of drug-likeness (QED) is 0.534. The molecule has 2 aromatic carbocycles. The lowest BCUT2D eigenvalue weighted by atomic mass is 10.1. The Bertz CT molecular complexity index is 1080. The van der Waals surface area contributed by atoms with Crippen LogP contribution in [0, 0.1) is 17.0 Å². The molecule has 1 aromatic heterocycles. The van der Waals surface area contributed by atoms with Gasteiger partial charge in [-0.15, -0.1) is 0 Å². The van der Waals surface area contributed by atoms with Gasteiger partial charge >= 0.3 is 5.69 Å². The molecule has 8 nitrogen and oxygen atoms in total. The van der Waals surface area contributed by atoms with Crippen molar-refractivity contribution in [2.24, 2.45) is 0 Å². The number of hydrogen-bond donors (Lipinski definition) is 1. The highest BCUT2D eigenvalue weighted by atomic mass is 16.6. The lowest BCUT2D eigenvalue weighted by molar-refractivity contribution is -0.385. The van der Waals surface area contributed by atoms with Crippen LogP contribution in [0.4, 0.5) is 11.4 Å². The van der Waals surface area contributed by atoms with Crippen LogP contribution < -0.4 is 11.0 Å². The van der Waals surface area contributed by atoms with Crippen molar-refractivity contribution in [3.05, 3.63) is 68.6 Å². The minimum absolute atomic E-state index is 0.0463. The first-order valence-corrected chi connectivity index (χ1v) is 8.66. The highest BCUT2D eigenvalue weighted by Gasteiger charge is 2.16. The van der Waals surface area contributed by atoms with Gasteiger partial charge in [0.25, 0.3) is 5.69 Å². The maximum atomic E-state index is 12.6. The second kappa shape index (κ2) is 7.45. The molecule has 1 N–H and O–H groups in total. The number of carbonyl (C=O) groups excluding carboxylic acids is 1. The van der Waals surface area contributed by atoms with E-state index < -0.39 is 4.92 Å². The van der Waals surface area contributed by atoms with E-state index in [9.17, 15) is 19.7 Å². The molecular formula is C19H20N4O4. The van der Waals surface area contributed by atoms with Gasteiger partial charge in [-0.2, -0.15) is 0 Å². The van der Waals surface area contributed by atoms with Gasteiger partial charge in [0.2, 0.25) is 5.91 Å². The predicted molar refractivity (Wildman–Crippen MR) is 103 cm³/mol. The third-order valence-corrected chi connectivity index (χ3v) is 4.58. The van der Waals surface area contributed by atoms with Crippen molar-refractivity contribution in [1.29, 1.82) is 0 Å². The summed E-state index contributed by atoms with van der Waals surface area (Å²) in [6, 6.07) is 12.0. The van der Waals surface area contributed by atoms with Gasteiger partial charge < -0.3 is 5.32 Å². The molecule has 3 rings (SSSR count). The Balaban J connectivity index is 1.79. The third-order valence-electron chi connectivity index (χ3n) is 4.58. The van der Waals surface area contributed by atoms with E-state index >= 15 is 0 Å². The molecule has 0 radical (unpaired) electrons. The zero-order valence-electron chi connectivity index (χ0n) is 15.1. The Morgan fingerprint density at radius 1 is 1.11 bits per heavy atom. The Morgan fingerprint density at radius 3 is 2.41 bits per heavy atom. The molecule has 0 saturated carbocycles. The number of anilines is 1. The van der Waals surface area contributed by atoms with Gasteiger partial charge in [0.05, 0.1) is 27.2 Å². The van der Waals surface area contributed by atoms with E-state index in [0.29, 0.717) is 17.8 Å². The zero-order valence-corrected chi connectivity index (χ0v) is 15.1. The summed E-state index contributed by atoms with van der Waals surface area (Å²) in [6.45, 7) is 4.26. The van der Waals surface area contributed by atoms with Crippen molar-refractivity contribution in [2.45, 2.75) is 33.4 Å². The number of hydrogen-bond acceptors (Lipinski definition) is 4. The smallest absolute Gasteiger partial charge is 0.326 e. The van der Waals surface area contributed by atoms with Crippen LogP contribution in [0.15, 0.2) is 47.3 Å². The minimum Gasteiger partial charge on any atom is -0.326 e. The van der Waals surface area contributed by atoms with E-state index in [1.165, 1.54) is 12.1 Å². The van der Waals surface area contributed by atoms with Crippen LogP contribution in [0.2, 0.25) is 0 Å². The summed E-state index contributed by atoms with van der Waals surface area (Å²) in [4.78, 5) is 35.5. The second-order valence-electron chi connectivity index (χ2n) is 6.17. The predicted octanol–water partition coefficient (Wildman–Crippen LogP) is 3.07. The number of nitrogens with one attached hydrogen (secondary N) is 1. The van der Waals surface area contributed by atoms with Gasteiger partial charge in [-0.1, -0.05) is 18.2 Å². The number of imidazole rings is 1. The SMILES string of the molecule is CCn1c(=O)n(CCC(=O)Nc2cccc([N+](=O)[O-])c2C)c2ccccc21. The largest absolute Gasteiger partial charge is 0.329 e. The van der Waals surface area contributed by atoms with Crippen LogP contribution in [0.3, 0.4) is 0 Å². The number of aromatic nitrogens is 2. The maximum Gasteiger partial charge on any atom is 0.329 e. The number of nitro benzene ring substituents is 1. The average Bonchev–Trinajstić information content (AvgIpc) is 2.92. The van der Waals surface area contributed by atoms with E-state index in [1.54, 1.807) is 22.1 Å². The van der Waals surface area contributed by atoms with Gasteiger partial charge in [0.1, 0.15) is 0 Å². The van der Waals surface area contributed by atoms with Crippen LogP contribution in [0.25, 0.3) is 11.0 Å². The number of carbonyl (C=O) groups is 1. The molecule has 27 heavy (non-hydrogen) atoms. The number of nitrogens with zero attached hydrogens (tertiary/aromatic N) is 3. The van der Waals surface area contributed by atoms with Crippen molar-refractivity contribution < 1.29 is 9.72 Å². The number of benzene rings is 2. The van der Waals surface area contributed by atoms with E-state index in [0.717, 1.165) is 11.0 Å². The fraction of sp³-hybridized carbons (Fsp3) is 0.263. The standard InChI is InChI=1S/C19H20N4O4/c1-3-21-16-8-4-5-9-17(16)22(19(21)25)12-11-18(24)20-14-7-6-10-15(13(14)2)23(26)27/h4-10H,3,11-12H2,1-2H3,(H,20,24). The molecule has 0 saturated heterocycles. The molecule has 140 valence electrons. The number of amides is 1. The number of rotatable bonds is 6. The van der Waals surface area contributed by atoms with Crippen LogP contribution in [0.5, 0.6) is 0 Å². The summed E-state index contributed by atoms with van der Waals surface area (Å²) in [5, 5.41) is 13.7. The van der Waals surface area contributed by atoms with Crippen LogP contribution in [0.1, 0.15) is 18.9 Å². The zero-order chi connectivity index (χ0) is 19.6. The van der Waals surface area contributed by atoms with Crippen molar-refractivity contribution in [2.75, 3.05) is 5.32 Å². The number of para-hydroxylation sites is 2. The first-order valence-electron chi connectivity index (χ1n) is 8.66. The van der Waals surface area contributed by atoms with Gasteiger partial charge in [-0.05, 0) is 32.0 Å². The van der Waals surface area contributed by atoms with E-state index in [2.05, 4.69) is 5.32 Å². The molecule has 0 fully saturated rings. The topological polar surface area (TPSA) is 99.2 Å². The molecule has 1 amide bonds. The normalized spacial score (nSPS) is 10.9. The molecule has 0 atom stereocenters. The molecular weight excluding hydrogens is 348 g/mol. The summed E-state index contributed by atoms with van der Waals surface area (Å²) in [6.07, 6.45) is 0.0831. The summed E-state index contributed by atoms with van der Waals surface area (Å²) in [7, 11) is 0. The summed E-state index contributed by atoms with van der Waals surface area (Å²) < 4.78 is 3.25. The van der Waals surface area contributed by atoms with Crippen molar-refractivity contribution in [3.8, 4) is 0 Å². The molecule has 0 spiro atoms. The molecule has 0 aliphatic heterocycles. The third kappa shape index (κ3) is 3.46. The maximum absolute atomic E-state index is 12.6. The van der Waals surface area contributed by atoms with E-state index in [1.807, 2.05) is 31.2 Å². The molecule has 0 aliphatic carbocycles. The first kappa shape index (κ1) is 18.4. The molecule has 0 bridgehead atoms. The number of nitro groups is 1. The molecule has 0 aliphatic rings. The van der Waals surface area contributed by atoms with E-state index in [4.69, 9.17) is 0 Å². The van der Waals surface area contributed by atoms with Gasteiger partial charge in [-0.3, -0.25) is 24.0 Å². The van der Waals surface area contributed by atoms with Crippen LogP contribution in [-0.2, 0) is 17.9 Å². The highest BCUT2D eigenvalue weighted by Crippen LogP contribution is 2.25. The fourth-order valence-electron chi connectivity index (χ4n) is 3.18. The molecule has 0 unspecified atom stereocenters. The Kier molecular flexibility index (Phi) is 5.07. The average molecular weight is 368 g/mol. The van der Waals surface area contributed by atoms with E-state index in [-0.39, 0.29) is 30.2 Å². The van der Waals surface area contributed by atoms with Crippen molar-refractivity contribution in [1.82, 2.24) is 9.13 Å². The molecule has 1 heterocycles. The lowest BCUT2D eigenvalue weighted by Gasteiger charge is -2.09. The van der Waals surface area contributed by atoms with Crippen LogP contribution >= 0.6 is 0 Å². The van der Waals surface area contributed by atoms with Crippen molar-refractivity contribution in [3.63, 3.8) is 0 Å². The molecule has 3 aromatic rings. The Morgan fingerprint density at radius 2 is 1.78 bits per heavy atom. The Hall–Kier alpha value is -3.42. The summed E-state index contributed by atoms with van der Waals surface area (Å²) in [5.74, 6) is -0.307. The summed E-state index contributed by atoms with van der Waals surface area (Å²) >= 11 is 0. The number of fused-ring (bicyclic) bond motifs is 1. The highest BCUT2D eigenvalue weighted by molar-refractivity contribution is 5.92. The molecule has 8 heteroatoms. The van der Waals surface area contributed by atoms with Crippen molar-refractivity contribution >= 4 is 28.3 Å². The number of aryl methyl sites for hydroxylation is 2. The second-order valence-corrected chi connectivity index (χ2v) is 6.17. The lowest BCUT2D eigenvalue weighted by Crippen LogP contribution is -2.25.